The zero-order valence-corrected chi connectivity index (χ0v) is 20.5. The van der Waals surface area contributed by atoms with Crippen LogP contribution in [0.15, 0.2) is 36.4 Å². The van der Waals surface area contributed by atoms with Gasteiger partial charge in [0.2, 0.25) is 5.95 Å². The maximum atomic E-state index is 12.6. The van der Waals surface area contributed by atoms with Crippen LogP contribution in [0.1, 0.15) is 56.2 Å². The van der Waals surface area contributed by atoms with Gasteiger partial charge in [-0.3, -0.25) is 9.69 Å². The van der Waals surface area contributed by atoms with Gasteiger partial charge in [-0.1, -0.05) is 24.1 Å². The smallest absolute Gasteiger partial charge is 0.414 e. The second-order valence-electron chi connectivity index (χ2n) is 9.81. The van der Waals surface area contributed by atoms with Crippen LogP contribution in [0.25, 0.3) is 11.0 Å². The topological polar surface area (TPSA) is 96.7 Å². The van der Waals surface area contributed by atoms with E-state index in [1.807, 2.05) is 50.2 Å². The lowest BCUT2D eigenvalue weighted by atomic mass is 9.85. The molecule has 8 heteroatoms. The highest BCUT2D eigenvalue weighted by Gasteiger charge is 2.34. The minimum absolute atomic E-state index is 0.0278. The van der Waals surface area contributed by atoms with E-state index < -0.39 is 5.97 Å². The summed E-state index contributed by atoms with van der Waals surface area (Å²) in [4.78, 5) is 31.1. The fraction of sp³-hybridized carbons (Fsp3) is 0.444. The number of hydrogen-bond acceptors (Lipinski definition) is 5. The Bertz CT molecular complexity index is 1270. The average molecular weight is 477 g/mol. The van der Waals surface area contributed by atoms with Crippen molar-refractivity contribution in [2.45, 2.75) is 64.5 Å². The molecule has 2 N–H and O–H groups in total. The van der Waals surface area contributed by atoms with E-state index in [1.165, 1.54) is 12.7 Å². The number of aliphatic carboxylic acids is 1. The Labute approximate surface area is 204 Å². The number of fused-ring (bicyclic) bond motifs is 3. The number of carbonyl (C=O) groups is 2. The van der Waals surface area contributed by atoms with Crippen molar-refractivity contribution in [3.8, 4) is 0 Å². The van der Waals surface area contributed by atoms with Crippen LogP contribution in [0.2, 0.25) is 0 Å². The number of imidazole rings is 1. The van der Waals surface area contributed by atoms with E-state index in [2.05, 4.69) is 9.88 Å². The van der Waals surface area contributed by atoms with Crippen molar-refractivity contribution in [3.63, 3.8) is 0 Å². The molecule has 3 aromatic rings. The number of nitrogens with zero attached hydrogens (tertiary/aromatic N) is 3. The first-order chi connectivity index (χ1) is 16.9. The number of carbonyl (C=O) groups excluding carboxylic acids is 1. The molecule has 35 heavy (non-hydrogen) atoms. The Morgan fingerprint density at radius 1 is 1.11 bits per heavy atom. The van der Waals surface area contributed by atoms with Gasteiger partial charge in [0.25, 0.3) is 0 Å². The molecule has 1 aliphatic heterocycles. The maximum absolute atomic E-state index is 12.6. The van der Waals surface area contributed by atoms with Crippen molar-refractivity contribution in [3.05, 3.63) is 47.5 Å². The van der Waals surface area contributed by atoms with Gasteiger partial charge in [-0.05, 0) is 70.2 Å². The third-order valence-corrected chi connectivity index (χ3v) is 7.49. The van der Waals surface area contributed by atoms with Crippen LogP contribution in [0.3, 0.4) is 0 Å². The number of anilines is 3. The molecule has 1 saturated carbocycles. The number of aromatic nitrogens is 2. The van der Waals surface area contributed by atoms with Gasteiger partial charge in [-0.15, -0.1) is 0 Å². The molecule has 1 amide bonds. The van der Waals surface area contributed by atoms with E-state index in [0.717, 1.165) is 53.7 Å². The van der Waals surface area contributed by atoms with Crippen LogP contribution in [0, 0.1) is 12.8 Å². The maximum Gasteiger partial charge on any atom is 0.414 e. The summed E-state index contributed by atoms with van der Waals surface area (Å²) in [5.41, 5.74) is 5.79. The fourth-order valence-corrected chi connectivity index (χ4v) is 5.62. The van der Waals surface area contributed by atoms with E-state index in [9.17, 15) is 14.7 Å². The Balaban J connectivity index is 1.65. The first-order valence-corrected chi connectivity index (χ1v) is 12.3. The van der Waals surface area contributed by atoms with Gasteiger partial charge < -0.3 is 19.7 Å². The number of rotatable bonds is 4. The highest BCUT2D eigenvalue weighted by molar-refractivity contribution is 5.96. The van der Waals surface area contributed by atoms with Crippen LogP contribution < -0.4 is 10.2 Å². The first kappa shape index (κ1) is 23.2. The van der Waals surface area contributed by atoms with Crippen molar-refractivity contribution in [2.75, 3.05) is 17.3 Å². The molecule has 1 aromatic heterocycles. The van der Waals surface area contributed by atoms with Crippen LogP contribution in [-0.2, 0) is 16.0 Å². The lowest BCUT2D eigenvalue weighted by molar-refractivity contribution is -0.143. The van der Waals surface area contributed by atoms with E-state index in [-0.39, 0.29) is 24.1 Å². The van der Waals surface area contributed by atoms with Crippen LogP contribution in [0.4, 0.5) is 22.1 Å². The summed E-state index contributed by atoms with van der Waals surface area (Å²) in [6.07, 6.45) is 4.31. The zero-order chi connectivity index (χ0) is 24.7. The number of methoxy groups -OCH3 is 1. The molecule has 2 heterocycles. The van der Waals surface area contributed by atoms with Gasteiger partial charge >= 0.3 is 12.1 Å². The lowest BCUT2D eigenvalue weighted by Gasteiger charge is -2.34. The minimum Gasteiger partial charge on any atom is -0.481 e. The highest BCUT2D eigenvalue weighted by atomic mass is 16.5. The van der Waals surface area contributed by atoms with Gasteiger partial charge in [0.1, 0.15) is 0 Å². The van der Waals surface area contributed by atoms with E-state index in [4.69, 9.17) is 9.72 Å². The average Bonchev–Trinajstić information content (AvgIpc) is 3.23. The molecule has 8 nitrogen and oxygen atoms in total. The molecule has 5 rings (SSSR count). The number of benzene rings is 2. The molecule has 1 unspecified atom stereocenters. The van der Waals surface area contributed by atoms with E-state index in [0.29, 0.717) is 18.8 Å². The second kappa shape index (κ2) is 9.24. The van der Waals surface area contributed by atoms with E-state index in [1.54, 1.807) is 4.90 Å². The number of amides is 1. The molecule has 184 valence electrons. The third kappa shape index (κ3) is 4.22. The van der Waals surface area contributed by atoms with Gasteiger partial charge in [-0.25, -0.2) is 9.78 Å². The number of aryl methyl sites for hydroxylation is 2. The Morgan fingerprint density at radius 3 is 2.60 bits per heavy atom. The molecule has 2 aromatic carbocycles. The highest BCUT2D eigenvalue weighted by Crippen LogP contribution is 2.42. The van der Waals surface area contributed by atoms with E-state index >= 15 is 0 Å². The van der Waals surface area contributed by atoms with Crippen LogP contribution in [0.5, 0.6) is 0 Å². The third-order valence-electron chi connectivity index (χ3n) is 7.49. The summed E-state index contributed by atoms with van der Waals surface area (Å²) in [6.45, 7) is 4.08. The summed E-state index contributed by atoms with van der Waals surface area (Å²) < 4.78 is 7.26. The van der Waals surface area contributed by atoms with Crippen LogP contribution in [-0.4, -0.2) is 39.9 Å². The fourth-order valence-electron chi connectivity index (χ4n) is 5.62. The molecule has 0 spiro atoms. The first-order valence-electron chi connectivity index (χ1n) is 12.3. The van der Waals surface area contributed by atoms with Crippen molar-refractivity contribution < 1.29 is 19.4 Å². The largest absolute Gasteiger partial charge is 0.481 e. The summed E-state index contributed by atoms with van der Waals surface area (Å²) in [7, 11) is 1.40. The monoisotopic (exact) mass is 476 g/mol. The predicted octanol–water partition coefficient (Wildman–Crippen LogP) is 5.81. The summed E-state index contributed by atoms with van der Waals surface area (Å²) in [5, 5.41) is 13.2. The lowest BCUT2D eigenvalue weighted by Crippen LogP contribution is -2.42. The quantitative estimate of drug-likeness (QED) is 0.493. The van der Waals surface area contributed by atoms with Crippen LogP contribution >= 0.6 is 0 Å². The van der Waals surface area contributed by atoms with Crippen molar-refractivity contribution in [1.82, 2.24) is 9.55 Å². The number of carboxylic acid groups (broad SMARTS) is 1. The van der Waals surface area contributed by atoms with Gasteiger partial charge in [0, 0.05) is 23.3 Å². The predicted molar refractivity (Wildman–Crippen MR) is 135 cm³/mol. The number of nitrogens with one attached hydrogen (secondary N) is 1. The molecule has 1 fully saturated rings. The molecule has 2 aliphatic rings. The normalized spacial score (nSPS) is 22.0. The summed E-state index contributed by atoms with van der Waals surface area (Å²) >= 11 is 0. The summed E-state index contributed by atoms with van der Waals surface area (Å²) in [6, 6.07) is 12.2. The molecular formula is C27H32N4O4. The summed E-state index contributed by atoms with van der Waals surface area (Å²) in [5.74, 6) is -0.379. The molecule has 0 saturated heterocycles. The Hall–Kier alpha value is -3.55. The Morgan fingerprint density at radius 2 is 1.89 bits per heavy atom. The molecule has 0 bridgehead atoms. The number of hydrogen-bond donors (Lipinski definition) is 2. The molecule has 1 aliphatic carbocycles. The number of ether oxygens (including phenoxy) is 1. The van der Waals surface area contributed by atoms with Crippen molar-refractivity contribution in [1.29, 1.82) is 0 Å². The van der Waals surface area contributed by atoms with Gasteiger partial charge in [0.05, 0.1) is 29.7 Å². The second-order valence-corrected chi connectivity index (χ2v) is 9.81. The van der Waals surface area contributed by atoms with Gasteiger partial charge in [-0.2, -0.15) is 0 Å². The number of carboxylic acids is 1. The van der Waals surface area contributed by atoms with Crippen molar-refractivity contribution in [2.24, 2.45) is 5.92 Å². The molecule has 0 radical (unpaired) electrons. The van der Waals surface area contributed by atoms with Crippen molar-refractivity contribution >= 4 is 40.4 Å². The Kier molecular flexibility index (Phi) is 6.13. The molecular weight excluding hydrogens is 444 g/mol. The SMILES string of the molecule is COC(=O)N1c2ccc3c(nc(Nc4ccc(C)cc4)n3[C@@H]3CCC[C@@H](C(=O)O)C3)c2CCC1C. The zero-order valence-electron chi connectivity index (χ0n) is 20.5. The molecule has 3 atom stereocenters. The standard InChI is InChI=1S/C27H32N4O4/c1-16-7-10-19(11-8-16)28-26-29-24-21-12-9-17(2)30(27(34)35-3)22(21)13-14-23(24)31(26)20-6-4-5-18(15-20)25(32)33/h7-8,10-11,13-14,17-18,20H,4-6,9,12,15H2,1-3H3,(H,28,29)(H,32,33)/t17?,18-,20-/m1/s1. The minimum atomic E-state index is -0.729. The van der Waals surface area contributed by atoms with Gasteiger partial charge in [0.15, 0.2) is 0 Å².